The van der Waals surface area contributed by atoms with Gasteiger partial charge in [-0.2, -0.15) is 0 Å². The molecule has 0 aliphatic carbocycles. The van der Waals surface area contributed by atoms with Gasteiger partial charge in [-0.25, -0.2) is 4.79 Å². The first-order valence-electron chi connectivity index (χ1n) is 12.3. The van der Waals surface area contributed by atoms with Crippen LogP contribution in [-0.2, 0) is 19.1 Å². The van der Waals surface area contributed by atoms with Gasteiger partial charge in [0.1, 0.15) is 17.7 Å². The molecule has 4 amide bonds. The second kappa shape index (κ2) is 13.7. The zero-order chi connectivity index (χ0) is 27.6. The number of hydrogen-bond donors (Lipinski definition) is 3. The van der Waals surface area contributed by atoms with Gasteiger partial charge in [-0.15, -0.1) is 0 Å². The molecule has 3 atom stereocenters. The van der Waals surface area contributed by atoms with E-state index in [1.54, 1.807) is 58.9 Å². The van der Waals surface area contributed by atoms with E-state index in [-0.39, 0.29) is 11.9 Å². The Balaban J connectivity index is 3.52. The summed E-state index contributed by atoms with van der Waals surface area (Å²) in [7, 11) is 0. The molecule has 9 nitrogen and oxygen atoms in total. The first-order valence-corrected chi connectivity index (χ1v) is 12.3. The highest BCUT2D eigenvalue weighted by molar-refractivity contribution is 5.94. The fraction of sp³-hybridized carbons (Fsp3) is 0.556. The first kappa shape index (κ1) is 30.7. The van der Waals surface area contributed by atoms with Crippen LogP contribution in [0.4, 0.5) is 4.79 Å². The summed E-state index contributed by atoms with van der Waals surface area (Å²) in [4.78, 5) is 53.1. The maximum absolute atomic E-state index is 13.9. The monoisotopic (exact) mass is 502 g/mol. The van der Waals surface area contributed by atoms with Gasteiger partial charge in [0.15, 0.2) is 0 Å². The van der Waals surface area contributed by atoms with E-state index in [1.165, 1.54) is 4.90 Å². The third-order valence-corrected chi connectivity index (χ3v) is 5.30. The summed E-state index contributed by atoms with van der Waals surface area (Å²) >= 11 is 0. The van der Waals surface area contributed by atoms with E-state index in [2.05, 4.69) is 17.2 Å². The van der Waals surface area contributed by atoms with E-state index < -0.39 is 48.1 Å². The zero-order valence-corrected chi connectivity index (χ0v) is 22.6. The van der Waals surface area contributed by atoms with E-state index in [0.717, 1.165) is 18.4 Å². The summed E-state index contributed by atoms with van der Waals surface area (Å²) < 4.78 is 5.28. The number of primary amides is 1. The molecule has 0 saturated heterocycles. The lowest BCUT2D eigenvalue weighted by Crippen LogP contribution is -2.56. The topological polar surface area (TPSA) is 131 Å². The van der Waals surface area contributed by atoms with Crippen molar-refractivity contribution in [3.8, 4) is 0 Å². The van der Waals surface area contributed by atoms with E-state index >= 15 is 0 Å². The molecule has 0 bridgehead atoms. The molecule has 0 radical (unpaired) electrons. The van der Waals surface area contributed by atoms with Crippen molar-refractivity contribution in [2.45, 2.75) is 97.5 Å². The maximum atomic E-state index is 13.9. The Kier molecular flexibility index (Phi) is 11.6. The normalized spacial score (nSPS) is 13.8. The molecule has 0 fully saturated rings. The molecule has 0 saturated carbocycles. The number of carbonyl (C=O) groups excluding carboxylic acids is 4. The summed E-state index contributed by atoms with van der Waals surface area (Å²) in [5.41, 5.74) is 5.94. The molecule has 0 aliphatic rings. The van der Waals surface area contributed by atoms with Gasteiger partial charge in [-0.3, -0.25) is 14.4 Å². The Hall–Kier alpha value is -3.36. The number of nitrogens with two attached hydrogens (primary N) is 1. The van der Waals surface area contributed by atoms with Crippen molar-refractivity contribution in [1.29, 1.82) is 0 Å². The highest BCUT2D eigenvalue weighted by Gasteiger charge is 2.38. The van der Waals surface area contributed by atoms with Gasteiger partial charge in [0.25, 0.3) is 0 Å². The van der Waals surface area contributed by atoms with Gasteiger partial charge in [-0.05, 0) is 65.2 Å². The first-order chi connectivity index (χ1) is 16.7. The molecule has 36 heavy (non-hydrogen) atoms. The molecule has 1 rings (SSSR count). The van der Waals surface area contributed by atoms with E-state index in [4.69, 9.17) is 10.5 Å². The number of carbonyl (C=O) groups is 4. The maximum Gasteiger partial charge on any atom is 0.408 e. The fourth-order valence-corrected chi connectivity index (χ4v) is 3.83. The standard InChI is InChI=1S/C27H42N4O5/c1-9-12-18(5)29-24(33)23(20-14-11-13-19(10-2)15-20)31(17(3)4)25(34)21(16-22(28)32)30-26(35)36-27(6,7)8/h10-11,13-15,17-18,21,23H,2,9,12,16H2,1,3-8H3,(H2,28,32)(H,29,33)(H,30,35). The van der Waals surface area contributed by atoms with Crippen molar-refractivity contribution in [3.05, 3.63) is 42.0 Å². The molecule has 1 aromatic carbocycles. The molecule has 0 aromatic heterocycles. The predicted octanol–water partition coefficient (Wildman–Crippen LogP) is 3.68. The number of nitrogens with zero attached hydrogens (tertiary/aromatic N) is 1. The van der Waals surface area contributed by atoms with Crippen molar-refractivity contribution in [2.24, 2.45) is 5.73 Å². The second-order valence-corrected chi connectivity index (χ2v) is 10.2. The Bertz CT molecular complexity index is 938. The average molecular weight is 503 g/mol. The predicted molar refractivity (Wildman–Crippen MR) is 141 cm³/mol. The zero-order valence-electron chi connectivity index (χ0n) is 22.6. The minimum absolute atomic E-state index is 0.113. The molecule has 1 aromatic rings. The van der Waals surface area contributed by atoms with Gasteiger partial charge in [0.05, 0.1) is 6.42 Å². The van der Waals surface area contributed by atoms with Crippen LogP contribution in [0.3, 0.4) is 0 Å². The molecule has 4 N–H and O–H groups in total. The number of rotatable bonds is 12. The Morgan fingerprint density at radius 2 is 1.78 bits per heavy atom. The minimum Gasteiger partial charge on any atom is -0.444 e. The smallest absolute Gasteiger partial charge is 0.408 e. The van der Waals surface area contributed by atoms with Crippen LogP contribution in [0.15, 0.2) is 30.8 Å². The van der Waals surface area contributed by atoms with E-state index in [1.807, 2.05) is 19.9 Å². The highest BCUT2D eigenvalue weighted by atomic mass is 16.6. The van der Waals surface area contributed by atoms with Crippen molar-refractivity contribution in [1.82, 2.24) is 15.5 Å². The van der Waals surface area contributed by atoms with E-state index in [9.17, 15) is 19.2 Å². The molecule has 200 valence electrons. The van der Waals surface area contributed by atoms with Crippen LogP contribution < -0.4 is 16.4 Å². The van der Waals surface area contributed by atoms with Crippen LogP contribution in [0, 0.1) is 0 Å². The lowest BCUT2D eigenvalue weighted by atomic mass is 9.98. The van der Waals surface area contributed by atoms with Crippen molar-refractivity contribution < 1.29 is 23.9 Å². The van der Waals surface area contributed by atoms with Crippen LogP contribution in [-0.4, -0.2) is 52.4 Å². The number of amides is 4. The SMILES string of the molecule is C=Cc1cccc(C(C(=O)NC(C)CCC)N(C(=O)C(CC(N)=O)NC(=O)OC(C)(C)C)C(C)C)c1. The van der Waals surface area contributed by atoms with Gasteiger partial charge in [0.2, 0.25) is 17.7 Å². The van der Waals surface area contributed by atoms with Crippen LogP contribution in [0.25, 0.3) is 6.08 Å². The molecule has 0 spiro atoms. The molecule has 0 aliphatic heterocycles. The van der Waals surface area contributed by atoms with Gasteiger partial charge in [0, 0.05) is 12.1 Å². The van der Waals surface area contributed by atoms with Crippen LogP contribution in [0.2, 0.25) is 0 Å². The summed E-state index contributed by atoms with van der Waals surface area (Å²) in [5.74, 6) is -1.77. The van der Waals surface area contributed by atoms with Crippen LogP contribution >= 0.6 is 0 Å². The lowest BCUT2D eigenvalue weighted by Gasteiger charge is -2.37. The third-order valence-electron chi connectivity index (χ3n) is 5.30. The minimum atomic E-state index is -1.31. The number of alkyl carbamates (subject to hydrolysis) is 1. The number of ether oxygens (including phenoxy) is 1. The number of nitrogens with one attached hydrogen (secondary N) is 2. The van der Waals surface area contributed by atoms with Crippen molar-refractivity contribution >= 4 is 29.9 Å². The lowest BCUT2D eigenvalue weighted by molar-refractivity contribution is -0.145. The second-order valence-electron chi connectivity index (χ2n) is 10.2. The van der Waals surface area contributed by atoms with Gasteiger partial charge < -0.3 is 26.0 Å². The quantitative estimate of drug-likeness (QED) is 0.401. The van der Waals surface area contributed by atoms with Crippen molar-refractivity contribution in [3.63, 3.8) is 0 Å². The Morgan fingerprint density at radius 3 is 2.28 bits per heavy atom. The van der Waals surface area contributed by atoms with Crippen molar-refractivity contribution in [2.75, 3.05) is 0 Å². The average Bonchev–Trinajstić information content (AvgIpc) is 2.74. The summed E-state index contributed by atoms with van der Waals surface area (Å²) in [6.07, 6.45) is 1.99. The number of benzene rings is 1. The molecule has 9 heteroatoms. The Morgan fingerprint density at radius 1 is 1.14 bits per heavy atom. The summed E-state index contributed by atoms with van der Waals surface area (Å²) in [6, 6.07) is 4.26. The summed E-state index contributed by atoms with van der Waals surface area (Å²) in [5, 5.41) is 5.46. The van der Waals surface area contributed by atoms with Gasteiger partial charge in [-0.1, -0.05) is 44.2 Å². The summed E-state index contributed by atoms with van der Waals surface area (Å²) in [6.45, 7) is 16.3. The number of hydrogen-bond acceptors (Lipinski definition) is 5. The molecular weight excluding hydrogens is 460 g/mol. The van der Waals surface area contributed by atoms with Crippen LogP contribution in [0.1, 0.15) is 84.9 Å². The third kappa shape index (κ3) is 9.71. The fourth-order valence-electron chi connectivity index (χ4n) is 3.83. The molecule has 0 heterocycles. The molecule has 3 unspecified atom stereocenters. The van der Waals surface area contributed by atoms with Gasteiger partial charge >= 0.3 is 6.09 Å². The highest BCUT2D eigenvalue weighted by Crippen LogP contribution is 2.27. The molecular formula is C27H42N4O5. The Labute approximate surface area is 214 Å². The largest absolute Gasteiger partial charge is 0.444 e. The van der Waals surface area contributed by atoms with E-state index in [0.29, 0.717) is 5.56 Å². The van der Waals surface area contributed by atoms with Crippen LogP contribution in [0.5, 0.6) is 0 Å².